The van der Waals surface area contributed by atoms with Gasteiger partial charge < -0.3 is 14.2 Å². The number of thiazole rings is 1. The molecule has 30 heavy (non-hydrogen) atoms. The molecule has 0 aliphatic carbocycles. The predicted octanol–water partition coefficient (Wildman–Crippen LogP) is 4.23. The fourth-order valence-electron chi connectivity index (χ4n) is 3.43. The molecule has 0 aliphatic heterocycles. The summed E-state index contributed by atoms with van der Waals surface area (Å²) in [7, 11) is 1.70. The summed E-state index contributed by atoms with van der Waals surface area (Å²) in [6.45, 7) is 2.50. The third kappa shape index (κ3) is 4.36. The molecule has 0 fully saturated rings. The molecular formula is C23H23N3O3S. The summed E-state index contributed by atoms with van der Waals surface area (Å²) < 4.78 is 8.48. The highest BCUT2D eigenvalue weighted by atomic mass is 32.1. The Kier molecular flexibility index (Phi) is 5.81. The molecule has 2 aromatic carbocycles. The van der Waals surface area contributed by atoms with Crippen molar-refractivity contribution >= 4 is 44.3 Å². The lowest BCUT2D eigenvalue weighted by Crippen LogP contribution is -2.37. The maximum atomic E-state index is 12.6. The van der Waals surface area contributed by atoms with Crippen LogP contribution in [0.5, 0.6) is 0 Å². The molecule has 4 aromatic rings. The monoisotopic (exact) mass is 421 g/mol. The second-order valence-corrected chi connectivity index (χ2v) is 8.33. The number of fused-ring (bicyclic) bond motifs is 2. The highest BCUT2D eigenvalue weighted by Crippen LogP contribution is 2.22. The van der Waals surface area contributed by atoms with Crippen LogP contribution >= 0.6 is 11.3 Å². The molecule has 2 aromatic heterocycles. The number of para-hydroxylation sites is 2. The first-order chi connectivity index (χ1) is 14.5. The molecule has 0 radical (unpaired) electrons. The van der Waals surface area contributed by atoms with Gasteiger partial charge in [-0.15, -0.1) is 11.3 Å². The number of aromatic nitrogens is 2. The number of aryl methyl sites for hydroxylation is 1. The van der Waals surface area contributed by atoms with E-state index >= 15 is 0 Å². The van der Waals surface area contributed by atoms with Crippen LogP contribution in [0.3, 0.4) is 0 Å². The van der Waals surface area contributed by atoms with Gasteiger partial charge in [-0.1, -0.05) is 30.3 Å². The van der Waals surface area contributed by atoms with Crippen molar-refractivity contribution < 1.29 is 14.3 Å². The van der Waals surface area contributed by atoms with Crippen molar-refractivity contribution in [2.45, 2.75) is 32.5 Å². The SMILES string of the molecule is CC(OC(=O)CCn1ccc2ccccc21)C(=O)N(C)Cc1nc2ccccc2s1. The lowest BCUT2D eigenvalue weighted by Gasteiger charge is -2.20. The summed E-state index contributed by atoms with van der Waals surface area (Å²) in [5.41, 5.74) is 2.00. The van der Waals surface area contributed by atoms with Gasteiger partial charge in [0.05, 0.1) is 23.2 Å². The van der Waals surface area contributed by atoms with E-state index in [4.69, 9.17) is 4.74 Å². The van der Waals surface area contributed by atoms with Crippen molar-refractivity contribution in [1.29, 1.82) is 0 Å². The first kappa shape index (κ1) is 20.1. The average Bonchev–Trinajstić information content (AvgIpc) is 3.34. The number of hydrogen-bond acceptors (Lipinski definition) is 5. The predicted molar refractivity (Wildman–Crippen MR) is 118 cm³/mol. The normalized spacial score (nSPS) is 12.2. The van der Waals surface area contributed by atoms with E-state index in [9.17, 15) is 9.59 Å². The minimum Gasteiger partial charge on any atom is -0.452 e. The van der Waals surface area contributed by atoms with Crippen molar-refractivity contribution in [3.05, 3.63) is 65.8 Å². The van der Waals surface area contributed by atoms with Gasteiger partial charge in [-0.05, 0) is 36.6 Å². The number of carbonyl (C=O) groups excluding carboxylic acids is 2. The Balaban J connectivity index is 1.30. The Hall–Kier alpha value is -3.19. The second kappa shape index (κ2) is 8.67. The van der Waals surface area contributed by atoms with E-state index in [1.807, 2.05) is 65.4 Å². The maximum absolute atomic E-state index is 12.6. The van der Waals surface area contributed by atoms with Gasteiger partial charge in [0, 0.05) is 25.3 Å². The molecule has 0 N–H and O–H groups in total. The smallest absolute Gasteiger partial charge is 0.308 e. The van der Waals surface area contributed by atoms with Crippen LogP contribution < -0.4 is 0 Å². The highest BCUT2D eigenvalue weighted by Gasteiger charge is 2.22. The van der Waals surface area contributed by atoms with Crippen molar-refractivity contribution in [2.24, 2.45) is 0 Å². The first-order valence-electron chi connectivity index (χ1n) is 9.84. The Morgan fingerprint density at radius 2 is 1.90 bits per heavy atom. The number of esters is 1. The number of likely N-dealkylation sites (N-methyl/N-ethyl adjacent to an activating group) is 1. The molecule has 7 heteroatoms. The van der Waals surface area contributed by atoms with Gasteiger partial charge in [0.25, 0.3) is 5.91 Å². The molecule has 0 saturated heterocycles. The maximum Gasteiger partial charge on any atom is 0.308 e. The molecule has 0 saturated carbocycles. The molecule has 1 atom stereocenters. The van der Waals surface area contributed by atoms with Gasteiger partial charge in [0.1, 0.15) is 5.01 Å². The largest absolute Gasteiger partial charge is 0.452 e. The summed E-state index contributed by atoms with van der Waals surface area (Å²) in [6, 6.07) is 17.9. The molecule has 1 amide bonds. The van der Waals surface area contributed by atoms with Crippen LogP contribution in [0.1, 0.15) is 18.4 Å². The number of ether oxygens (including phenoxy) is 1. The minimum absolute atomic E-state index is 0.206. The van der Waals surface area contributed by atoms with Crippen molar-refractivity contribution in [3.8, 4) is 0 Å². The van der Waals surface area contributed by atoms with Crippen LogP contribution in [0.2, 0.25) is 0 Å². The fraction of sp³-hybridized carbons (Fsp3) is 0.261. The zero-order valence-corrected chi connectivity index (χ0v) is 17.8. The number of rotatable bonds is 7. The molecule has 0 aliphatic rings. The summed E-state index contributed by atoms with van der Waals surface area (Å²) in [5.74, 6) is -0.629. The number of nitrogens with zero attached hydrogens (tertiary/aromatic N) is 3. The van der Waals surface area contributed by atoms with Crippen LogP contribution in [0, 0.1) is 0 Å². The molecular weight excluding hydrogens is 398 g/mol. The molecule has 0 spiro atoms. The van der Waals surface area contributed by atoms with E-state index in [-0.39, 0.29) is 18.3 Å². The van der Waals surface area contributed by atoms with Crippen molar-refractivity contribution in [2.75, 3.05) is 7.05 Å². The van der Waals surface area contributed by atoms with Crippen LogP contribution in [0.4, 0.5) is 0 Å². The number of benzene rings is 2. The van der Waals surface area contributed by atoms with Gasteiger partial charge in [0.2, 0.25) is 0 Å². The van der Waals surface area contributed by atoms with E-state index in [0.29, 0.717) is 13.1 Å². The van der Waals surface area contributed by atoms with Crippen molar-refractivity contribution in [3.63, 3.8) is 0 Å². The number of amides is 1. The van der Waals surface area contributed by atoms with E-state index in [1.54, 1.807) is 30.2 Å². The fourth-order valence-corrected chi connectivity index (χ4v) is 4.45. The number of hydrogen-bond donors (Lipinski definition) is 0. The molecule has 1 unspecified atom stereocenters. The van der Waals surface area contributed by atoms with Crippen molar-refractivity contribution in [1.82, 2.24) is 14.5 Å². The lowest BCUT2D eigenvalue weighted by atomic mass is 10.2. The molecule has 6 nitrogen and oxygen atoms in total. The van der Waals surface area contributed by atoms with Crippen LogP contribution in [-0.4, -0.2) is 39.5 Å². The summed E-state index contributed by atoms with van der Waals surface area (Å²) >= 11 is 1.56. The van der Waals surface area contributed by atoms with Gasteiger partial charge in [-0.2, -0.15) is 0 Å². The van der Waals surface area contributed by atoms with E-state index in [2.05, 4.69) is 4.98 Å². The third-order valence-electron chi connectivity index (χ3n) is 4.98. The number of carbonyl (C=O) groups is 2. The second-order valence-electron chi connectivity index (χ2n) is 7.22. The van der Waals surface area contributed by atoms with Crippen LogP contribution in [0.25, 0.3) is 21.1 Å². The van der Waals surface area contributed by atoms with Crippen LogP contribution in [-0.2, 0) is 27.4 Å². The zero-order valence-electron chi connectivity index (χ0n) is 16.9. The van der Waals surface area contributed by atoms with E-state index < -0.39 is 6.10 Å². The summed E-state index contributed by atoms with van der Waals surface area (Å²) in [6.07, 6.45) is 1.33. The Labute approximate surface area is 178 Å². The summed E-state index contributed by atoms with van der Waals surface area (Å²) in [5, 5.41) is 1.98. The molecule has 4 rings (SSSR count). The Morgan fingerprint density at radius 3 is 2.73 bits per heavy atom. The minimum atomic E-state index is -0.835. The van der Waals surface area contributed by atoms with Gasteiger partial charge >= 0.3 is 5.97 Å². The Bertz CT molecular complexity index is 1160. The summed E-state index contributed by atoms with van der Waals surface area (Å²) in [4.78, 5) is 31.0. The molecule has 2 heterocycles. The topological polar surface area (TPSA) is 64.4 Å². The van der Waals surface area contributed by atoms with Gasteiger partial charge in [0.15, 0.2) is 6.10 Å². The van der Waals surface area contributed by atoms with Crippen LogP contribution in [0.15, 0.2) is 60.8 Å². The molecule has 154 valence electrons. The zero-order chi connectivity index (χ0) is 21.1. The average molecular weight is 422 g/mol. The van der Waals surface area contributed by atoms with Gasteiger partial charge in [-0.25, -0.2) is 4.98 Å². The lowest BCUT2D eigenvalue weighted by molar-refractivity contribution is -0.158. The highest BCUT2D eigenvalue weighted by molar-refractivity contribution is 7.18. The quantitative estimate of drug-likeness (QED) is 0.419. The van der Waals surface area contributed by atoms with Gasteiger partial charge in [-0.3, -0.25) is 9.59 Å². The molecule has 0 bridgehead atoms. The Morgan fingerprint density at radius 1 is 1.13 bits per heavy atom. The van der Waals surface area contributed by atoms with E-state index in [0.717, 1.165) is 26.1 Å². The standard InChI is InChI=1S/C23H23N3O3S/c1-16(23(28)25(2)15-21-24-18-8-4-6-10-20(18)30-21)29-22(27)12-14-26-13-11-17-7-3-5-9-19(17)26/h3-11,13,16H,12,14-15H2,1-2H3. The first-order valence-corrected chi connectivity index (χ1v) is 10.7. The van der Waals surface area contributed by atoms with E-state index in [1.165, 1.54) is 0 Å². The third-order valence-corrected chi connectivity index (χ3v) is 6.00.